The number of hydrogen-bond acceptors (Lipinski definition) is 3. The summed E-state index contributed by atoms with van der Waals surface area (Å²) < 4.78 is 0. The number of likely N-dealkylation sites (tertiary alicyclic amines) is 1. The number of amides is 2. The first kappa shape index (κ1) is 24.3. The Morgan fingerprint density at radius 1 is 0.971 bits per heavy atom. The van der Waals surface area contributed by atoms with Crippen LogP contribution in [0.5, 0.6) is 0 Å². The molecule has 2 aromatic carbocycles. The van der Waals surface area contributed by atoms with E-state index in [0.717, 1.165) is 41.8 Å². The molecule has 3 atom stereocenters. The molecule has 2 amide bonds. The first-order valence-corrected chi connectivity index (χ1v) is 13.7. The molecule has 5 heteroatoms. The molecule has 2 bridgehead atoms. The van der Waals surface area contributed by atoms with Gasteiger partial charge in [0.1, 0.15) is 5.60 Å². The van der Waals surface area contributed by atoms with Crippen LogP contribution in [0.3, 0.4) is 0 Å². The predicted octanol–water partition coefficient (Wildman–Crippen LogP) is 5.04. The lowest BCUT2D eigenvalue weighted by molar-refractivity contribution is 0.0470. The SMILES string of the molecule is C[C@@H](NC(=O)N[C@H]1CC[C@H](CCN2C[C@H]3CC[C@@H]2C3)CC1)C(O)(c1ccccc1)c1ccccc1. The number of fused-ring (bicyclic) bond motifs is 2. The van der Waals surface area contributed by atoms with Gasteiger partial charge in [-0.25, -0.2) is 4.79 Å². The molecule has 2 saturated carbocycles. The van der Waals surface area contributed by atoms with E-state index in [1.54, 1.807) is 0 Å². The first-order valence-electron chi connectivity index (χ1n) is 13.7. The Kier molecular flexibility index (Phi) is 7.45. The minimum Gasteiger partial charge on any atom is -0.378 e. The summed E-state index contributed by atoms with van der Waals surface area (Å²) in [5, 5.41) is 18.1. The maximum atomic E-state index is 12.9. The first-order chi connectivity index (χ1) is 17.0. The number of hydrogen-bond donors (Lipinski definition) is 3. The van der Waals surface area contributed by atoms with Crippen LogP contribution < -0.4 is 10.6 Å². The molecular weight excluding hydrogens is 434 g/mol. The maximum absolute atomic E-state index is 12.9. The molecule has 5 nitrogen and oxygen atoms in total. The monoisotopic (exact) mass is 475 g/mol. The number of nitrogens with one attached hydrogen (secondary N) is 2. The van der Waals surface area contributed by atoms with Crippen LogP contribution in [0, 0.1) is 11.8 Å². The zero-order valence-electron chi connectivity index (χ0n) is 21.0. The van der Waals surface area contributed by atoms with Crippen molar-refractivity contribution in [3.05, 3.63) is 71.8 Å². The van der Waals surface area contributed by atoms with Crippen molar-refractivity contribution in [3.8, 4) is 0 Å². The molecule has 0 aromatic heterocycles. The topological polar surface area (TPSA) is 64.6 Å². The van der Waals surface area contributed by atoms with Crippen LogP contribution in [0.15, 0.2) is 60.7 Å². The number of benzene rings is 2. The van der Waals surface area contributed by atoms with E-state index in [2.05, 4.69) is 15.5 Å². The molecule has 3 aliphatic rings. The quantitative estimate of drug-likeness (QED) is 0.501. The molecule has 35 heavy (non-hydrogen) atoms. The van der Waals surface area contributed by atoms with Gasteiger partial charge in [-0.3, -0.25) is 0 Å². The van der Waals surface area contributed by atoms with Crippen molar-refractivity contribution >= 4 is 6.03 Å². The van der Waals surface area contributed by atoms with Gasteiger partial charge < -0.3 is 20.6 Å². The Hall–Kier alpha value is -2.37. The zero-order chi connectivity index (χ0) is 24.3. The van der Waals surface area contributed by atoms with Gasteiger partial charge in [0, 0.05) is 18.6 Å². The van der Waals surface area contributed by atoms with Crippen molar-refractivity contribution in [1.82, 2.24) is 15.5 Å². The summed E-state index contributed by atoms with van der Waals surface area (Å²) in [4.78, 5) is 15.7. The number of nitrogens with zero attached hydrogens (tertiary/aromatic N) is 1. The predicted molar refractivity (Wildman–Crippen MR) is 140 cm³/mol. The molecule has 0 radical (unpaired) electrons. The molecule has 1 saturated heterocycles. The average Bonchev–Trinajstić information content (AvgIpc) is 3.52. The van der Waals surface area contributed by atoms with Crippen LogP contribution >= 0.6 is 0 Å². The Bertz CT molecular complexity index is 919. The largest absolute Gasteiger partial charge is 0.378 e. The lowest BCUT2D eigenvalue weighted by atomic mass is 9.81. The number of carbonyl (C=O) groups is 1. The fourth-order valence-electron chi connectivity index (χ4n) is 6.82. The van der Waals surface area contributed by atoms with E-state index in [4.69, 9.17) is 0 Å². The van der Waals surface area contributed by atoms with Gasteiger partial charge in [-0.1, -0.05) is 60.7 Å². The fraction of sp³-hybridized carbons (Fsp3) is 0.567. The van der Waals surface area contributed by atoms with Crippen molar-refractivity contribution < 1.29 is 9.90 Å². The van der Waals surface area contributed by atoms with Crippen molar-refractivity contribution in [1.29, 1.82) is 0 Å². The second kappa shape index (κ2) is 10.7. The molecule has 2 aliphatic carbocycles. The summed E-state index contributed by atoms with van der Waals surface area (Å²) in [7, 11) is 0. The summed E-state index contributed by atoms with van der Waals surface area (Å²) in [6, 6.07) is 19.6. The molecule has 2 aromatic rings. The smallest absolute Gasteiger partial charge is 0.315 e. The van der Waals surface area contributed by atoms with Crippen LogP contribution in [0.1, 0.15) is 69.4 Å². The van der Waals surface area contributed by atoms with Crippen molar-refractivity contribution in [2.75, 3.05) is 13.1 Å². The van der Waals surface area contributed by atoms with Crippen LogP contribution in [-0.2, 0) is 5.60 Å². The highest BCUT2D eigenvalue weighted by Gasteiger charge is 2.39. The van der Waals surface area contributed by atoms with Gasteiger partial charge >= 0.3 is 6.03 Å². The lowest BCUT2D eigenvalue weighted by Crippen LogP contribution is -2.54. The Morgan fingerprint density at radius 3 is 2.14 bits per heavy atom. The van der Waals surface area contributed by atoms with Crippen LogP contribution in [0.4, 0.5) is 4.79 Å². The number of urea groups is 1. The van der Waals surface area contributed by atoms with Gasteiger partial charge in [-0.15, -0.1) is 0 Å². The third-order valence-electron chi connectivity index (χ3n) is 8.93. The van der Waals surface area contributed by atoms with E-state index in [1.807, 2.05) is 67.6 Å². The minimum absolute atomic E-state index is 0.195. The fourth-order valence-corrected chi connectivity index (χ4v) is 6.82. The number of rotatable bonds is 8. The van der Waals surface area contributed by atoms with Gasteiger partial charge in [-0.05, 0) is 87.8 Å². The van der Waals surface area contributed by atoms with E-state index < -0.39 is 11.6 Å². The Labute approximate surface area is 210 Å². The molecule has 188 valence electrons. The van der Waals surface area contributed by atoms with E-state index in [1.165, 1.54) is 51.6 Å². The van der Waals surface area contributed by atoms with Gasteiger partial charge in [0.05, 0.1) is 6.04 Å². The molecule has 1 heterocycles. The maximum Gasteiger partial charge on any atom is 0.315 e. The van der Waals surface area contributed by atoms with E-state index in [9.17, 15) is 9.90 Å². The summed E-state index contributed by atoms with van der Waals surface area (Å²) in [6.07, 6.45) is 10.1. The van der Waals surface area contributed by atoms with Crippen LogP contribution in [-0.4, -0.2) is 47.3 Å². The third-order valence-corrected chi connectivity index (χ3v) is 8.93. The van der Waals surface area contributed by atoms with E-state index >= 15 is 0 Å². The van der Waals surface area contributed by atoms with Crippen molar-refractivity contribution in [3.63, 3.8) is 0 Å². The summed E-state index contributed by atoms with van der Waals surface area (Å²) in [5.74, 6) is 1.76. The van der Waals surface area contributed by atoms with Crippen LogP contribution in [0.2, 0.25) is 0 Å². The highest BCUT2D eigenvalue weighted by Crippen LogP contribution is 2.38. The highest BCUT2D eigenvalue weighted by atomic mass is 16.3. The second-order valence-corrected chi connectivity index (χ2v) is 11.2. The molecule has 5 rings (SSSR count). The molecule has 1 aliphatic heterocycles. The van der Waals surface area contributed by atoms with Crippen molar-refractivity contribution in [2.24, 2.45) is 11.8 Å². The highest BCUT2D eigenvalue weighted by molar-refractivity contribution is 5.75. The van der Waals surface area contributed by atoms with Crippen molar-refractivity contribution in [2.45, 2.75) is 82.0 Å². The van der Waals surface area contributed by atoms with E-state index in [0.29, 0.717) is 0 Å². The van der Waals surface area contributed by atoms with Gasteiger partial charge in [0.2, 0.25) is 0 Å². The van der Waals surface area contributed by atoms with E-state index in [-0.39, 0.29) is 12.1 Å². The third kappa shape index (κ3) is 5.41. The molecular formula is C30H41N3O2. The molecule has 0 spiro atoms. The summed E-state index contributed by atoms with van der Waals surface area (Å²) in [5.41, 5.74) is 0.225. The van der Waals surface area contributed by atoms with Gasteiger partial charge in [0.25, 0.3) is 0 Å². The Morgan fingerprint density at radius 2 is 1.60 bits per heavy atom. The van der Waals surface area contributed by atoms with Crippen LogP contribution in [0.25, 0.3) is 0 Å². The average molecular weight is 476 g/mol. The summed E-state index contributed by atoms with van der Waals surface area (Å²) in [6.45, 7) is 4.47. The zero-order valence-corrected chi connectivity index (χ0v) is 21.0. The number of carbonyl (C=O) groups excluding carboxylic acids is 1. The molecule has 0 unspecified atom stereocenters. The normalized spacial score (nSPS) is 27.5. The lowest BCUT2D eigenvalue weighted by Gasteiger charge is -2.36. The standard InChI is InChI=1S/C30H41N3O2/c1-22(30(35,25-8-4-2-5-9-25)26-10-6-3-7-11-26)31-29(34)32-27-15-12-23(13-16-27)18-19-33-21-24-14-17-28(33)20-24/h2-11,22-24,27-28,35H,12-21H2,1H3,(H2,31,32,34)/t22-,23-,24+,27-,28-/m1/s1. The second-order valence-electron chi connectivity index (χ2n) is 11.2. The number of aliphatic hydroxyl groups is 1. The van der Waals surface area contributed by atoms with Gasteiger partial charge in [0.15, 0.2) is 0 Å². The summed E-state index contributed by atoms with van der Waals surface area (Å²) >= 11 is 0. The number of piperidine rings is 1. The molecule has 3 fully saturated rings. The van der Waals surface area contributed by atoms with Gasteiger partial charge in [-0.2, -0.15) is 0 Å². The minimum atomic E-state index is -1.31. The Balaban J connectivity index is 1.12. The molecule has 3 N–H and O–H groups in total.